The van der Waals surface area contributed by atoms with E-state index in [4.69, 9.17) is 5.11 Å². The van der Waals surface area contributed by atoms with Crippen LogP contribution in [-0.4, -0.2) is 38.2 Å². The molecule has 1 fully saturated rings. The van der Waals surface area contributed by atoms with Crippen molar-refractivity contribution in [1.29, 1.82) is 0 Å². The number of rotatable bonds is 5. The number of aliphatic carboxylic acids is 1. The summed E-state index contributed by atoms with van der Waals surface area (Å²) in [6.07, 6.45) is -2.22. The molecule has 2 unspecified atom stereocenters. The van der Waals surface area contributed by atoms with Crippen molar-refractivity contribution in [2.75, 3.05) is 0 Å². The van der Waals surface area contributed by atoms with Gasteiger partial charge in [-0.25, -0.2) is 4.68 Å². The fourth-order valence-corrected chi connectivity index (χ4v) is 2.68. The Labute approximate surface area is 129 Å². The molecule has 2 N–H and O–H groups in total. The zero-order valence-corrected chi connectivity index (χ0v) is 12.2. The Morgan fingerprint density at radius 3 is 2.78 bits per heavy atom. The predicted octanol–water partition coefficient (Wildman–Crippen LogP) is 1.35. The van der Waals surface area contributed by atoms with Gasteiger partial charge in [0, 0.05) is 5.92 Å². The maximum Gasteiger partial charge on any atom is 0.391 e. The van der Waals surface area contributed by atoms with Gasteiger partial charge in [0.15, 0.2) is 0 Å². The second kappa shape index (κ2) is 6.97. The van der Waals surface area contributed by atoms with Crippen LogP contribution in [0.5, 0.6) is 0 Å². The first-order chi connectivity index (χ1) is 10.8. The van der Waals surface area contributed by atoms with Crippen molar-refractivity contribution in [2.45, 2.75) is 44.9 Å². The van der Waals surface area contributed by atoms with Crippen LogP contribution >= 0.6 is 0 Å². The number of aromatic nitrogens is 3. The molecule has 0 aliphatic heterocycles. The molecule has 0 aromatic carbocycles. The van der Waals surface area contributed by atoms with Crippen LogP contribution in [0.3, 0.4) is 0 Å². The number of alkyl halides is 3. The maximum absolute atomic E-state index is 12.7. The minimum atomic E-state index is -4.27. The van der Waals surface area contributed by atoms with Crippen molar-refractivity contribution in [3.8, 4) is 0 Å². The zero-order valence-electron chi connectivity index (χ0n) is 12.2. The number of carbonyl (C=O) groups excluding carboxylic acids is 1. The van der Waals surface area contributed by atoms with E-state index in [1.807, 2.05) is 0 Å². The minimum Gasteiger partial charge on any atom is -0.480 e. The second-order valence-corrected chi connectivity index (χ2v) is 5.62. The number of carboxylic acids is 1. The molecule has 10 heteroatoms. The normalized spacial score (nSPS) is 21.9. The lowest BCUT2D eigenvalue weighted by Gasteiger charge is -2.29. The standard InChI is InChI=1S/C13H17F3N4O3/c14-13(15,16)9-3-1-2-8(4-9)12(23)17-5-10-6-20(19-18-10)7-11(21)22/h6,8-9H,1-5,7H2,(H,17,23)(H,21,22). The molecule has 2 atom stereocenters. The van der Waals surface area contributed by atoms with Gasteiger partial charge in [0.05, 0.1) is 18.7 Å². The molecule has 23 heavy (non-hydrogen) atoms. The number of hydrogen-bond donors (Lipinski definition) is 2. The molecule has 0 spiro atoms. The molecular formula is C13H17F3N4O3. The van der Waals surface area contributed by atoms with E-state index in [-0.39, 0.29) is 25.9 Å². The first-order valence-electron chi connectivity index (χ1n) is 7.21. The summed E-state index contributed by atoms with van der Waals surface area (Å²) in [6.45, 7) is -0.345. The van der Waals surface area contributed by atoms with E-state index in [9.17, 15) is 22.8 Å². The van der Waals surface area contributed by atoms with E-state index in [1.54, 1.807) is 0 Å². The monoisotopic (exact) mass is 334 g/mol. The van der Waals surface area contributed by atoms with Gasteiger partial charge in [-0.15, -0.1) is 5.10 Å². The van der Waals surface area contributed by atoms with Crippen molar-refractivity contribution >= 4 is 11.9 Å². The fourth-order valence-electron chi connectivity index (χ4n) is 2.68. The van der Waals surface area contributed by atoms with Gasteiger partial charge in [-0.1, -0.05) is 11.6 Å². The lowest BCUT2D eigenvalue weighted by Crippen LogP contribution is -2.37. The quantitative estimate of drug-likeness (QED) is 0.847. The van der Waals surface area contributed by atoms with Crippen LogP contribution in [0, 0.1) is 11.8 Å². The number of carbonyl (C=O) groups is 2. The zero-order chi connectivity index (χ0) is 17.0. The SMILES string of the molecule is O=C(O)Cn1cc(CNC(=O)C2CCCC(C(F)(F)F)C2)nn1. The average molecular weight is 334 g/mol. The summed E-state index contributed by atoms with van der Waals surface area (Å²) >= 11 is 0. The molecule has 2 rings (SSSR count). The van der Waals surface area contributed by atoms with E-state index in [0.29, 0.717) is 18.5 Å². The van der Waals surface area contributed by atoms with Crippen molar-refractivity contribution < 1.29 is 27.9 Å². The first kappa shape index (κ1) is 17.2. The van der Waals surface area contributed by atoms with Gasteiger partial charge in [0.1, 0.15) is 12.2 Å². The van der Waals surface area contributed by atoms with Crippen LogP contribution in [0.1, 0.15) is 31.4 Å². The summed E-state index contributed by atoms with van der Waals surface area (Å²) in [4.78, 5) is 22.5. The molecule has 1 amide bonds. The fraction of sp³-hybridized carbons (Fsp3) is 0.692. The van der Waals surface area contributed by atoms with Crippen molar-refractivity contribution in [2.24, 2.45) is 11.8 Å². The summed E-state index contributed by atoms with van der Waals surface area (Å²) in [6, 6.07) is 0. The molecule has 1 saturated carbocycles. The largest absolute Gasteiger partial charge is 0.480 e. The van der Waals surface area contributed by atoms with Gasteiger partial charge in [0.2, 0.25) is 5.91 Å². The molecular weight excluding hydrogens is 317 g/mol. The molecule has 1 aliphatic carbocycles. The number of nitrogens with zero attached hydrogens (tertiary/aromatic N) is 3. The van der Waals surface area contributed by atoms with Crippen LogP contribution in [0.4, 0.5) is 13.2 Å². The topological polar surface area (TPSA) is 97.1 Å². The third-order valence-corrected chi connectivity index (χ3v) is 3.84. The minimum absolute atomic E-state index is 0.00559. The first-order valence-corrected chi connectivity index (χ1v) is 7.21. The Morgan fingerprint density at radius 2 is 2.13 bits per heavy atom. The van der Waals surface area contributed by atoms with Crippen molar-refractivity contribution in [3.05, 3.63) is 11.9 Å². The summed E-state index contributed by atoms with van der Waals surface area (Å²) in [5.41, 5.74) is 0.350. The number of hydrogen-bond acceptors (Lipinski definition) is 4. The summed E-state index contributed by atoms with van der Waals surface area (Å²) < 4.78 is 39.3. The molecule has 0 radical (unpaired) electrons. The Balaban J connectivity index is 1.84. The van der Waals surface area contributed by atoms with E-state index < -0.39 is 29.9 Å². The Bertz CT molecular complexity index is 573. The third kappa shape index (κ3) is 4.93. The molecule has 7 nitrogen and oxygen atoms in total. The predicted molar refractivity (Wildman–Crippen MR) is 71.0 cm³/mol. The van der Waals surface area contributed by atoms with Crippen LogP contribution < -0.4 is 5.32 Å². The highest BCUT2D eigenvalue weighted by molar-refractivity contribution is 5.78. The molecule has 1 aromatic rings. The molecule has 1 aromatic heterocycles. The Hall–Kier alpha value is -2.13. The number of carboxylic acid groups (broad SMARTS) is 1. The second-order valence-electron chi connectivity index (χ2n) is 5.62. The molecule has 1 heterocycles. The number of amides is 1. The third-order valence-electron chi connectivity index (χ3n) is 3.84. The highest BCUT2D eigenvalue weighted by Crippen LogP contribution is 2.39. The Morgan fingerprint density at radius 1 is 1.39 bits per heavy atom. The van der Waals surface area contributed by atoms with Crippen molar-refractivity contribution in [1.82, 2.24) is 20.3 Å². The molecule has 0 bridgehead atoms. The average Bonchev–Trinajstić information content (AvgIpc) is 2.90. The van der Waals surface area contributed by atoms with Gasteiger partial charge in [0.25, 0.3) is 0 Å². The lowest BCUT2D eigenvalue weighted by atomic mass is 9.80. The summed E-state index contributed by atoms with van der Waals surface area (Å²) in [5, 5.41) is 18.4. The van der Waals surface area contributed by atoms with Gasteiger partial charge in [-0.3, -0.25) is 9.59 Å². The highest BCUT2D eigenvalue weighted by Gasteiger charge is 2.43. The summed E-state index contributed by atoms with van der Waals surface area (Å²) in [7, 11) is 0. The van der Waals surface area contributed by atoms with Crippen LogP contribution in [0.25, 0.3) is 0 Å². The van der Waals surface area contributed by atoms with Gasteiger partial charge in [-0.2, -0.15) is 13.2 Å². The smallest absolute Gasteiger partial charge is 0.391 e. The highest BCUT2D eigenvalue weighted by atomic mass is 19.4. The molecule has 128 valence electrons. The number of nitrogens with one attached hydrogen (secondary N) is 1. The van der Waals surface area contributed by atoms with Gasteiger partial charge < -0.3 is 10.4 Å². The van der Waals surface area contributed by atoms with Crippen molar-refractivity contribution in [3.63, 3.8) is 0 Å². The van der Waals surface area contributed by atoms with Gasteiger partial charge >= 0.3 is 12.1 Å². The summed E-state index contributed by atoms with van der Waals surface area (Å²) in [5.74, 6) is -3.61. The molecule has 0 saturated heterocycles. The van der Waals surface area contributed by atoms with E-state index in [1.165, 1.54) is 6.20 Å². The maximum atomic E-state index is 12.7. The lowest BCUT2D eigenvalue weighted by molar-refractivity contribution is -0.186. The molecule has 1 aliphatic rings. The van der Waals surface area contributed by atoms with E-state index in [0.717, 1.165) is 4.68 Å². The Kier molecular flexibility index (Phi) is 5.22. The van der Waals surface area contributed by atoms with Crippen LogP contribution in [-0.2, 0) is 22.7 Å². The van der Waals surface area contributed by atoms with E-state index in [2.05, 4.69) is 15.6 Å². The van der Waals surface area contributed by atoms with Crippen LogP contribution in [0.2, 0.25) is 0 Å². The van der Waals surface area contributed by atoms with E-state index >= 15 is 0 Å². The van der Waals surface area contributed by atoms with Gasteiger partial charge in [-0.05, 0) is 19.3 Å². The van der Waals surface area contributed by atoms with Crippen LogP contribution in [0.15, 0.2) is 6.20 Å². The number of halogens is 3.